The molecule has 0 aliphatic carbocycles. The fraction of sp³-hybridized carbons (Fsp3) is 0.400. The van der Waals surface area contributed by atoms with Gasteiger partial charge in [-0.3, -0.25) is 10.1 Å². The fourth-order valence-electron chi connectivity index (χ4n) is 1.56. The summed E-state index contributed by atoms with van der Waals surface area (Å²) in [6.45, 7) is 1.24. The van der Waals surface area contributed by atoms with E-state index in [2.05, 4.69) is 10.0 Å². The van der Waals surface area contributed by atoms with E-state index in [0.29, 0.717) is 6.54 Å². The van der Waals surface area contributed by atoms with Gasteiger partial charge in [-0.25, -0.2) is 13.1 Å². The molecule has 0 saturated carbocycles. The van der Waals surface area contributed by atoms with Crippen LogP contribution in [0.3, 0.4) is 0 Å². The molecule has 1 aliphatic rings. The first kappa shape index (κ1) is 12.9. The van der Waals surface area contributed by atoms with Crippen LogP contribution < -0.4 is 10.0 Å². The van der Waals surface area contributed by atoms with Gasteiger partial charge in [0.2, 0.25) is 10.0 Å². The normalized spacial score (nSPS) is 19.2. The molecule has 1 aromatic rings. The van der Waals surface area contributed by atoms with E-state index in [1.54, 1.807) is 0 Å². The summed E-state index contributed by atoms with van der Waals surface area (Å²) in [7, 11) is -3.59. The van der Waals surface area contributed by atoms with E-state index >= 15 is 0 Å². The van der Waals surface area contributed by atoms with Crippen molar-refractivity contribution in [1.29, 1.82) is 0 Å². The number of nitrogens with one attached hydrogen (secondary N) is 2. The van der Waals surface area contributed by atoms with Crippen LogP contribution >= 0.6 is 0 Å². The Morgan fingerprint density at radius 2 is 2.00 bits per heavy atom. The maximum Gasteiger partial charge on any atom is 0.269 e. The lowest BCUT2D eigenvalue weighted by Gasteiger charge is -2.27. The minimum Gasteiger partial charge on any atom is -0.313 e. The molecule has 2 rings (SSSR count). The zero-order valence-corrected chi connectivity index (χ0v) is 10.3. The second-order valence-corrected chi connectivity index (χ2v) is 5.81. The highest BCUT2D eigenvalue weighted by Gasteiger charge is 2.21. The maximum atomic E-state index is 11.8. The first-order valence-electron chi connectivity index (χ1n) is 5.46. The molecule has 1 fully saturated rings. The van der Waals surface area contributed by atoms with Gasteiger partial charge in [-0.1, -0.05) is 0 Å². The van der Waals surface area contributed by atoms with Crippen LogP contribution in [0.2, 0.25) is 0 Å². The van der Waals surface area contributed by atoms with Crippen molar-refractivity contribution < 1.29 is 13.3 Å². The Hall–Kier alpha value is -1.51. The predicted octanol–water partition coefficient (Wildman–Crippen LogP) is 0.235. The number of nitro benzene ring substituents is 1. The Morgan fingerprint density at radius 3 is 2.44 bits per heavy atom. The van der Waals surface area contributed by atoms with Crippen LogP contribution in [0.15, 0.2) is 29.2 Å². The van der Waals surface area contributed by atoms with Crippen molar-refractivity contribution in [3.8, 4) is 0 Å². The van der Waals surface area contributed by atoms with Crippen molar-refractivity contribution in [2.75, 3.05) is 13.1 Å². The Labute approximate surface area is 104 Å². The van der Waals surface area contributed by atoms with Gasteiger partial charge in [-0.05, 0) is 25.1 Å². The third-order valence-electron chi connectivity index (χ3n) is 2.80. The minimum absolute atomic E-state index is 0.0347. The Balaban J connectivity index is 2.06. The summed E-state index contributed by atoms with van der Waals surface area (Å²) >= 11 is 0. The summed E-state index contributed by atoms with van der Waals surface area (Å²) in [6, 6.07) is 4.99. The molecule has 1 saturated heterocycles. The van der Waals surface area contributed by atoms with Gasteiger partial charge in [0.05, 0.1) is 9.82 Å². The zero-order valence-electron chi connectivity index (χ0n) is 9.50. The monoisotopic (exact) mass is 271 g/mol. The number of benzene rings is 1. The van der Waals surface area contributed by atoms with Gasteiger partial charge >= 0.3 is 0 Å². The predicted molar refractivity (Wildman–Crippen MR) is 64.7 cm³/mol. The topological polar surface area (TPSA) is 101 Å². The summed E-state index contributed by atoms with van der Waals surface area (Å²) in [4.78, 5) is 9.92. The number of rotatable bonds is 5. The molecule has 7 nitrogen and oxygen atoms in total. The van der Waals surface area contributed by atoms with Crippen LogP contribution in [0, 0.1) is 10.1 Å². The minimum atomic E-state index is -3.59. The van der Waals surface area contributed by atoms with Crippen molar-refractivity contribution in [3.63, 3.8) is 0 Å². The van der Waals surface area contributed by atoms with Gasteiger partial charge in [0.1, 0.15) is 0 Å². The molecule has 0 bridgehead atoms. The molecule has 1 unspecified atom stereocenters. The number of non-ortho nitro benzene ring substituents is 1. The van der Waals surface area contributed by atoms with Crippen LogP contribution in [0.25, 0.3) is 0 Å². The average Bonchev–Trinajstić information content (AvgIpc) is 2.27. The standard InChI is InChI=1S/C10H13N3O4S/c14-13(15)9-1-3-10(4-2-9)18(16,17)12-7-8-5-6-11-8/h1-4,8,11-12H,5-7H2. The Bertz CT molecular complexity index is 537. The van der Waals surface area contributed by atoms with Crippen molar-refractivity contribution in [3.05, 3.63) is 34.4 Å². The van der Waals surface area contributed by atoms with E-state index in [-0.39, 0.29) is 16.6 Å². The zero-order chi connectivity index (χ0) is 13.2. The Kier molecular flexibility index (Phi) is 3.60. The van der Waals surface area contributed by atoms with E-state index in [4.69, 9.17) is 0 Å². The summed E-state index contributed by atoms with van der Waals surface area (Å²) in [5.41, 5.74) is -0.130. The molecule has 0 spiro atoms. The van der Waals surface area contributed by atoms with Gasteiger partial charge in [0.25, 0.3) is 5.69 Å². The van der Waals surface area contributed by atoms with Gasteiger partial charge < -0.3 is 5.32 Å². The average molecular weight is 271 g/mol. The molecule has 8 heteroatoms. The third kappa shape index (κ3) is 2.84. The first-order chi connectivity index (χ1) is 8.49. The van der Waals surface area contributed by atoms with Crippen LogP contribution in [0.5, 0.6) is 0 Å². The number of hydrogen-bond donors (Lipinski definition) is 2. The van der Waals surface area contributed by atoms with Crippen molar-refractivity contribution in [2.45, 2.75) is 17.4 Å². The molecule has 0 amide bonds. The summed E-state index contributed by atoms with van der Waals surface area (Å²) in [5, 5.41) is 13.5. The SMILES string of the molecule is O=[N+]([O-])c1ccc(S(=O)(=O)NCC2CCN2)cc1. The lowest BCUT2D eigenvalue weighted by Crippen LogP contribution is -2.50. The van der Waals surface area contributed by atoms with Crippen molar-refractivity contribution in [2.24, 2.45) is 0 Å². The van der Waals surface area contributed by atoms with E-state index in [1.807, 2.05) is 0 Å². The molecule has 1 heterocycles. The second-order valence-electron chi connectivity index (χ2n) is 4.04. The molecule has 1 atom stereocenters. The lowest BCUT2D eigenvalue weighted by atomic mass is 10.1. The molecular weight excluding hydrogens is 258 g/mol. The van der Waals surface area contributed by atoms with Crippen molar-refractivity contribution >= 4 is 15.7 Å². The van der Waals surface area contributed by atoms with Gasteiger partial charge in [-0.2, -0.15) is 0 Å². The van der Waals surface area contributed by atoms with Crippen LogP contribution in [0.4, 0.5) is 5.69 Å². The Morgan fingerprint density at radius 1 is 1.39 bits per heavy atom. The smallest absolute Gasteiger partial charge is 0.269 e. The molecule has 1 aliphatic heterocycles. The molecule has 0 aromatic heterocycles. The molecule has 2 N–H and O–H groups in total. The first-order valence-corrected chi connectivity index (χ1v) is 6.95. The van der Waals surface area contributed by atoms with E-state index in [9.17, 15) is 18.5 Å². The summed E-state index contributed by atoms with van der Waals surface area (Å²) in [5.74, 6) is 0. The third-order valence-corrected chi connectivity index (χ3v) is 4.24. The van der Waals surface area contributed by atoms with E-state index in [0.717, 1.165) is 13.0 Å². The van der Waals surface area contributed by atoms with E-state index in [1.165, 1.54) is 24.3 Å². The summed E-state index contributed by atoms with van der Waals surface area (Å²) in [6.07, 6.45) is 0.947. The van der Waals surface area contributed by atoms with Gasteiger partial charge in [0, 0.05) is 24.7 Å². The molecule has 0 radical (unpaired) electrons. The largest absolute Gasteiger partial charge is 0.313 e. The molecule has 1 aromatic carbocycles. The molecule has 98 valence electrons. The maximum absolute atomic E-state index is 11.8. The molecular formula is C10H13N3O4S. The fourth-order valence-corrected chi connectivity index (χ4v) is 2.64. The van der Waals surface area contributed by atoms with E-state index < -0.39 is 14.9 Å². The second kappa shape index (κ2) is 5.01. The van der Waals surface area contributed by atoms with Crippen molar-refractivity contribution in [1.82, 2.24) is 10.0 Å². The number of hydrogen-bond acceptors (Lipinski definition) is 5. The van der Waals surface area contributed by atoms with Gasteiger partial charge in [0.15, 0.2) is 0 Å². The van der Waals surface area contributed by atoms with Gasteiger partial charge in [-0.15, -0.1) is 0 Å². The van der Waals surface area contributed by atoms with Crippen LogP contribution in [0.1, 0.15) is 6.42 Å². The van der Waals surface area contributed by atoms with Crippen LogP contribution in [-0.4, -0.2) is 32.5 Å². The highest BCUT2D eigenvalue weighted by molar-refractivity contribution is 7.89. The number of sulfonamides is 1. The van der Waals surface area contributed by atoms with Crippen LogP contribution in [-0.2, 0) is 10.0 Å². The quantitative estimate of drug-likeness (QED) is 0.590. The lowest BCUT2D eigenvalue weighted by molar-refractivity contribution is -0.384. The highest BCUT2D eigenvalue weighted by atomic mass is 32.2. The molecule has 18 heavy (non-hydrogen) atoms. The number of nitro groups is 1. The number of nitrogens with zero attached hydrogens (tertiary/aromatic N) is 1. The highest BCUT2D eigenvalue weighted by Crippen LogP contribution is 2.15. The summed E-state index contributed by atoms with van der Waals surface area (Å²) < 4.78 is 26.2.